The fourth-order valence-corrected chi connectivity index (χ4v) is 4.38. The predicted molar refractivity (Wildman–Crippen MR) is 133 cm³/mol. The molecule has 1 aliphatic rings. The Labute approximate surface area is 211 Å². The van der Waals surface area contributed by atoms with Gasteiger partial charge < -0.3 is 11.1 Å². The number of pyridine rings is 1. The number of halogens is 1. The van der Waals surface area contributed by atoms with Crippen LogP contribution >= 0.6 is 0 Å². The number of rotatable bonds is 7. The molecule has 11 heteroatoms. The van der Waals surface area contributed by atoms with Crippen molar-refractivity contribution in [1.82, 2.24) is 24.7 Å². The molecule has 0 saturated carbocycles. The first-order chi connectivity index (χ1) is 17.6. The first-order valence-corrected chi connectivity index (χ1v) is 11.7. The van der Waals surface area contributed by atoms with Crippen molar-refractivity contribution in [2.24, 2.45) is 11.7 Å². The van der Waals surface area contributed by atoms with Gasteiger partial charge in [-0.3, -0.25) is 14.4 Å². The molecule has 1 aromatic carbocycles. The minimum absolute atomic E-state index is 0.0251. The van der Waals surface area contributed by atoms with Crippen LogP contribution in [0.2, 0.25) is 0 Å². The van der Waals surface area contributed by atoms with Crippen molar-refractivity contribution in [3.8, 4) is 11.5 Å². The highest BCUT2D eigenvalue weighted by atomic mass is 19.1. The Morgan fingerprint density at radius 1 is 1.16 bits per heavy atom. The van der Waals surface area contributed by atoms with Gasteiger partial charge in [0.25, 0.3) is 0 Å². The van der Waals surface area contributed by atoms with E-state index in [-0.39, 0.29) is 42.0 Å². The van der Waals surface area contributed by atoms with E-state index in [4.69, 9.17) is 5.73 Å². The molecule has 1 aliphatic heterocycles. The van der Waals surface area contributed by atoms with Crippen LogP contribution < -0.4 is 11.1 Å². The second-order valence-corrected chi connectivity index (χ2v) is 9.60. The summed E-state index contributed by atoms with van der Waals surface area (Å²) in [4.78, 5) is 51.2. The zero-order valence-electron chi connectivity index (χ0n) is 20.4. The Hall–Kier alpha value is -4.54. The maximum absolute atomic E-state index is 14.4. The van der Waals surface area contributed by atoms with Gasteiger partial charge in [-0.1, -0.05) is 25.1 Å². The van der Waals surface area contributed by atoms with Gasteiger partial charge in [0.1, 0.15) is 23.0 Å². The molecule has 4 heterocycles. The van der Waals surface area contributed by atoms with Crippen LogP contribution in [-0.4, -0.2) is 42.3 Å². The SMILES string of the molecule is C[C@H](CC(=O)c1nc(-c2nn(Cc3ccccc3F)c3ncccc23)nc2c1C(C)(C)C(=O)N2)C(N)=O. The molecule has 0 aliphatic carbocycles. The molecule has 4 aromatic rings. The van der Waals surface area contributed by atoms with Gasteiger partial charge >= 0.3 is 0 Å². The van der Waals surface area contributed by atoms with E-state index in [1.807, 2.05) is 0 Å². The lowest BCUT2D eigenvalue weighted by molar-refractivity contribution is -0.121. The number of amides is 2. The number of nitrogens with one attached hydrogen (secondary N) is 1. The van der Waals surface area contributed by atoms with Crippen LogP contribution in [0.15, 0.2) is 42.6 Å². The third-order valence-corrected chi connectivity index (χ3v) is 6.57. The maximum Gasteiger partial charge on any atom is 0.235 e. The molecule has 0 unspecified atom stereocenters. The molecular formula is C26H24FN7O3. The Kier molecular flexibility index (Phi) is 5.77. The van der Waals surface area contributed by atoms with E-state index in [1.54, 1.807) is 62.0 Å². The van der Waals surface area contributed by atoms with Gasteiger partial charge in [-0.25, -0.2) is 24.0 Å². The van der Waals surface area contributed by atoms with Gasteiger partial charge in [0, 0.05) is 29.7 Å². The quantitative estimate of drug-likeness (QED) is 0.370. The van der Waals surface area contributed by atoms with Crippen molar-refractivity contribution in [3.05, 3.63) is 65.2 Å². The summed E-state index contributed by atoms with van der Waals surface area (Å²) >= 11 is 0. The summed E-state index contributed by atoms with van der Waals surface area (Å²) in [5.74, 6) is -2.19. The number of hydrogen-bond donors (Lipinski definition) is 2. The number of primary amides is 1. The Balaban J connectivity index is 1.68. The molecule has 5 rings (SSSR count). The van der Waals surface area contributed by atoms with E-state index in [0.29, 0.717) is 27.9 Å². The smallest absolute Gasteiger partial charge is 0.235 e. The number of hydrogen-bond acceptors (Lipinski definition) is 7. The van der Waals surface area contributed by atoms with Crippen molar-refractivity contribution >= 4 is 34.4 Å². The van der Waals surface area contributed by atoms with Crippen LogP contribution in [0.25, 0.3) is 22.6 Å². The van der Waals surface area contributed by atoms with Gasteiger partial charge in [0.05, 0.1) is 17.3 Å². The number of anilines is 1. The summed E-state index contributed by atoms with van der Waals surface area (Å²) in [5.41, 5.74) is 5.90. The molecule has 3 aromatic heterocycles. The molecule has 0 saturated heterocycles. The van der Waals surface area contributed by atoms with Crippen molar-refractivity contribution in [2.75, 3.05) is 5.32 Å². The number of carbonyl (C=O) groups excluding carboxylic acids is 3. The number of fused-ring (bicyclic) bond motifs is 2. The molecule has 0 bridgehead atoms. The molecule has 37 heavy (non-hydrogen) atoms. The van der Waals surface area contributed by atoms with Crippen molar-refractivity contribution in [1.29, 1.82) is 0 Å². The molecule has 188 valence electrons. The summed E-state index contributed by atoms with van der Waals surface area (Å²) in [5, 5.41) is 7.96. The van der Waals surface area contributed by atoms with Crippen LogP contribution in [-0.2, 0) is 21.5 Å². The largest absolute Gasteiger partial charge is 0.369 e. The maximum atomic E-state index is 14.4. The van der Waals surface area contributed by atoms with Crippen LogP contribution in [0.5, 0.6) is 0 Å². The van der Waals surface area contributed by atoms with Gasteiger partial charge in [0.15, 0.2) is 17.3 Å². The van der Waals surface area contributed by atoms with Crippen molar-refractivity contribution in [2.45, 2.75) is 39.2 Å². The molecule has 0 radical (unpaired) electrons. The van der Waals surface area contributed by atoms with Gasteiger partial charge in [-0.2, -0.15) is 5.10 Å². The topological polar surface area (TPSA) is 146 Å². The highest BCUT2D eigenvalue weighted by Gasteiger charge is 2.44. The molecule has 0 fully saturated rings. The molecule has 3 N–H and O–H groups in total. The standard InChI is InChI=1S/C26H24FN7O3/c1-13(21(28)36)11-17(35)20-18-22(32-25(37)26(18,2)3)31-23(30-20)19-15-8-6-10-29-24(15)34(33-19)12-14-7-4-5-9-16(14)27/h4-10,13H,11-12H2,1-3H3,(H2,28,36)(H,30,31,32,37)/t13-/m1/s1. The third kappa shape index (κ3) is 4.11. The van der Waals surface area contributed by atoms with Gasteiger partial charge in [0.2, 0.25) is 11.8 Å². The van der Waals surface area contributed by atoms with Gasteiger partial charge in [-0.15, -0.1) is 0 Å². The van der Waals surface area contributed by atoms with E-state index in [0.717, 1.165) is 0 Å². The summed E-state index contributed by atoms with van der Waals surface area (Å²) in [6, 6.07) is 9.87. The number of ketones is 1. The molecule has 0 spiro atoms. The lowest BCUT2D eigenvalue weighted by atomic mass is 9.84. The minimum Gasteiger partial charge on any atom is -0.369 e. The number of Topliss-reactive ketones (excluding diaryl/α,β-unsaturated/α-hetero) is 1. The summed E-state index contributed by atoms with van der Waals surface area (Å²) in [7, 11) is 0. The third-order valence-electron chi connectivity index (χ3n) is 6.57. The van der Waals surface area contributed by atoms with Crippen LogP contribution in [0.1, 0.15) is 48.8 Å². The van der Waals surface area contributed by atoms with E-state index < -0.39 is 23.0 Å². The lowest BCUT2D eigenvalue weighted by Crippen LogP contribution is -2.29. The first-order valence-electron chi connectivity index (χ1n) is 11.7. The van der Waals surface area contributed by atoms with Crippen molar-refractivity contribution in [3.63, 3.8) is 0 Å². The highest BCUT2D eigenvalue weighted by Crippen LogP contribution is 2.40. The number of benzene rings is 1. The fraction of sp³-hybridized carbons (Fsp3) is 0.269. The Bertz CT molecular complexity index is 1590. The number of nitrogens with zero attached hydrogens (tertiary/aromatic N) is 5. The number of carbonyl (C=O) groups is 3. The summed E-state index contributed by atoms with van der Waals surface area (Å²) in [6.07, 6.45) is 1.42. The molecular weight excluding hydrogens is 477 g/mol. The summed E-state index contributed by atoms with van der Waals surface area (Å²) in [6.45, 7) is 5.01. The van der Waals surface area contributed by atoms with E-state index in [2.05, 4.69) is 25.4 Å². The van der Waals surface area contributed by atoms with Crippen molar-refractivity contribution < 1.29 is 18.8 Å². The monoisotopic (exact) mass is 501 g/mol. The Morgan fingerprint density at radius 3 is 2.65 bits per heavy atom. The fourth-order valence-electron chi connectivity index (χ4n) is 4.38. The average Bonchev–Trinajstić information content (AvgIpc) is 3.33. The first kappa shape index (κ1) is 24.2. The Morgan fingerprint density at radius 2 is 1.92 bits per heavy atom. The van der Waals surface area contributed by atoms with E-state index in [9.17, 15) is 18.8 Å². The predicted octanol–water partition coefficient (Wildman–Crippen LogP) is 3.00. The molecule has 10 nitrogen and oxygen atoms in total. The average molecular weight is 502 g/mol. The zero-order chi connectivity index (χ0) is 26.5. The van der Waals surface area contributed by atoms with Crippen LogP contribution in [0, 0.1) is 11.7 Å². The number of aromatic nitrogens is 5. The highest BCUT2D eigenvalue weighted by molar-refractivity contribution is 6.10. The zero-order valence-corrected chi connectivity index (χ0v) is 20.4. The lowest BCUT2D eigenvalue weighted by Gasteiger charge is -2.18. The van der Waals surface area contributed by atoms with E-state index in [1.165, 1.54) is 6.07 Å². The normalized spacial score (nSPS) is 14.9. The van der Waals surface area contributed by atoms with Gasteiger partial charge in [-0.05, 0) is 32.0 Å². The summed E-state index contributed by atoms with van der Waals surface area (Å²) < 4.78 is 15.9. The van der Waals surface area contributed by atoms with Crippen LogP contribution in [0.4, 0.5) is 10.2 Å². The van der Waals surface area contributed by atoms with Crippen LogP contribution in [0.3, 0.4) is 0 Å². The number of nitrogens with two attached hydrogens (primary N) is 1. The second-order valence-electron chi connectivity index (χ2n) is 9.60. The van der Waals surface area contributed by atoms with E-state index >= 15 is 0 Å². The molecule has 2 amide bonds. The minimum atomic E-state index is -1.07. The second kappa shape index (κ2) is 8.84. The molecule has 1 atom stereocenters.